The van der Waals surface area contributed by atoms with Crippen molar-refractivity contribution in [2.24, 2.45) is 0 Å². The number of nitrogens with zero attached hydrogens (tertiary/aromatic N) is 5. The summed E-state index contributed by atoms with van der Waals surface area (Å²) < 4.78 is 29.1. The minimum atomic E-state index is -2.76. The van der Waals surface area contributed by atoms with Crippen LogP contribution in [-0.4, -0.2) is 30.2 Å². The molecule has 0 aliphatic heterocycles. The van der Waals surface area contributed by atoms with E-state index in [9.17, 15) is 18.4 Å². The van der Waals surface area contributed by atoms with Gasteiger partial charge in [0, 0.05) is 16.5 Å². The molecule has 1 aliphatic carbocycles. The number of carbonyl (C=O) groups excluding carboxylic acids is 1. The number of amides is 1. The van der Waals surface area contributed by atoms with Gasteiger partial charge < -0.3 is 0 Å². The predicted molar refractivity (Wildman–Crippen MR) is 107 cm³/mol. The summed E-state index contributed by atoms with van der Waals surface area (Å²) >= 11 is 1.39. The Morgan fingerprint density at radius 2 is 2.03 bits per heavy atom. The molecule has 1 saturated carbocycles. The number of hydrogen-bond donors (Lipinski definition) is 1. The second-order valence-corrected chi connectivity index (χ2v) is 8.53. The lowest BCUT2D eigenvalue weighted by molar-refractivity contribution is 0.101. The zero-order valence-corrected chi connectivity index (χ0v) is 16.8. The summed E-state index contributed by atoms with van der Waals surface area (Å²) in [5.41, 5.74) is 2.36. The van der Waals surface area contributed by atoms with Crippen molar-refractivity contribution in [3.63, 3.8) is 0 Å². The van der Waals surface area contributed by atoms with Gasteiger partial charge in [-0.2, -0.15) is 5.10 Å². The zero-order valence-electron chi connectivity index (χ0n) is 16.0. The molecule has 4 aromatic rings. The van der Waals surface area contributed by atoms with Gasteiger partial charge in [0.05, 0.1) is 11.6 Å². The van der Waals surface area contributed by atoms with E-state index < -0.39 is 17.9 Å². The van der Waals surface area contributed by atoms with Crippen LogP contribution in [0.3, 0.4) is 0 Å². The number of carbonyl (C=O) groups is 1. The van der Waals surface area contributed by atoms with Crippen molar-refractivity contribution in [2.45, 2.75) is 39.0 Å². The van der Waals surface area contributed by atoms with E-state index in [0.717, 1.165) is 26.9 Å². The molecule has 1 amide bonds. The largest absolute Gasteiger partial charge is 0.281 e. The first-order valence-corrected chi connectivity index (χ1v) is 10.1. The van der Waals surface area contributed by atoms with Gasteiger partial charge in [0.2, 0.25) is 0 Å². The molecule has 4 aromatic heterocycles. The Hall–Kier alpha value is -3.21. The molecule has 5 rings (SSSR count). The van der Waals surface area contributed by atoms with Gasteiger partial charge in [-0.1, -0.05) is 0 Å². The highest BCUT2D eigenvalue weighted by Gasteiger charge is 2.29. The highest BCUT2D eigenvalue weighted by Crippen LogP contribution is 2.40. The van der Waals surface area contributed by atoms with Gasteiger partial charge in [0.1, 0.15) is 21.9 Å². The lowest BCUT2D eigenvalue weighted by Gasteiger charge is -2.11. The molecular formula is C19H16F2N6O2S. The van der Waals surface area contributed by atoms with E-state index in [-0.39, 0.29) is 22.8 Å². The van der Waals surface area contributed by atoms with E-state index in [1.54, 1.807) is 13.0 Å². The average Bonchev–Trinajstić information content (AvgIpc) is 3.35. The van der Waals surface area contributed by atoms with Crippen molar-refractivity contribution in [1.82, 2.24) is 24.3 Å². The number of alkyl halides is 2. The average molecular weight is 430 g/mol. The quantitative estimate of drug-likeness (QED) is 0.536. The van der Waals surface area contributed by atoms with Gasteiger partial charge in [-0.3, -0.25) is 15.0 Å². The second-order valence-electron chi connectivity index (χ2n) is 7.29. The fraction of sp³-hybridized carbons (Fsp3) is 0.316. The molecule has 0 bridgehead atoms. The number of aromatic nitrogens is 5. The summed E-state index contributed by atoms with van der Waals surface area (Å²) in [5.74, 6) is -0.250. The Balaban J connectivity index is 1.59. The van der Waals surface area contributed by atoms with Crippen molar-refractivity contribution in [3.8, 4) is 0 Å². The van der Waals surface area contributed by atoms with Crippen molar-refractivity contribution < 1.29 is 13.6 Å². The molecular weight excluding hydrogens is 414 g/mol. The normalized spacial score (nSPS) is 14.2. The van der Waals surface area contributed by atoms with Gasteiger partial charge in [0.25, 0.3) is 17.9 Å². The van der Waals surface area contributed by atoms with Crippen LogP contribution in [-0.2, 0) is 0 Å². The first kappa shape index (κ1) is 18.8. The fourth-order valence-electron chi connectivity index (χ4n) is 3.41. The summed E-state index contributed by atoms with van der Waals surface area (Å²) in [6.07, 6.45) is 0.174. The van der Waals surface area contributed by atoms with Crippen LogP contribution in [0.5, 0.6) is 0 Å². The number of aryl methyl sites for hydroxylation is 2. The highest BCUT2D eigenvalue weighted by atomic mass is 32.1. The lowest BCUT2D eigenvalue weighted by Crippen LogP contribution is -2.35. The monoisotopic (exact) mass is 430 g/mol. The van der Waals surface area contributed by atoms with Crippen LogP contribution in [0.2, 0.25) is 0 Å². The summed E-state index contributed by atoms with van der Waals surface area (Å²) in [5, 5.41) is 4.33. The molecule has 0 spiro atoms. The predicted octanol–water partition coefficient (Wildman–Crippen LogP) is 3.32. The second kappa shape index (κ2) is 6.66. The molecule has 30 heavy (non-hydrogen) atoms. The van der Waals surface area contributed by atoms with Crippen LogP contribution in [0.4, 0.5) is 8.78 Å². The van der Waals surface area contributed by atoms with Gasteiger partial charge in [0.15, 0.2) is 5.65 Å². The Labute approximate surface area is 172 Å². The number of thiophene rings is 1. The number of fused-ring (bicyclic) bond motifs is 2. The molecule has 8 nitrogen and oxygen atoms in total. The van der Waals surface area contributed by atoms with Crippen LogP contribution in [0.25, 0.3) is 15.9 Å². The molecule has 1 N–H and O–H groups in total. The maximum atomic E-state index is 13.5. The Morgan fingerprint density at radius 1 is 1.27 bits per heavy atom. The Kier molecular flexibility index (Phi) is 4.17. The van der Waals surface area contributed by atoms with E-state index in [1.807, 2.05) is 6.92 Å². The number of halogens is 2. The van der Waals surface area contributed by atoms with Crippen molar-refractivity contribution in [2.75, 3.05) is 5.43 Å². The standard InChI is InChI=1S/C19H16F2N6O2S/c1-8-5-11-18(30-8)23-9(2)26(19(11)29)25-17(28)12-7-22-27-14(15(20)21)6-13(10-3-4-10)24-16(12)27/h5-7,10,15H,3-4H2,1-2H3,(H,25,28). The third-order valence-electron chi connectivity index (χ3n) is 5.05. The molecule has 1 aliphatic rings. The molecule has 154 valence electrons. The molecule has 11 heteroatoms. The number of hydrogen-bond acceptors (Lipinski definition) is 6. The third-order valence-corrected chi connectivity index (χ3v) is 6.00. The maximum Gasteiger partial charge on any atom is 0.281 e. The lowest BCUT2D eigenvalue weighted by atomic mass is 10.2. The van der Waals surface area contributed by atoms with E-state index in [2.05, 4.69) is 20.5 Å². The topological polar surface area (TPSA) is 94.2 Å². The fourth-order valence-corrected chi connectivity index (χ4v) is 4.32. The van der Waals surface area contributed by atoms with E-state index in [1.165, 1.54) is 23.6 Å². The van der Waals surface area contributed by atoms with Gasteiger partial charge in [-0.05, 0) is 38.8 Å². The van der Waals surface area contributed by atoms with E-state index >= 15 is 0 Å². The van der Waals surface area contributed by atoms with Crippen LogP contribution >= 0.6 is 11.3 Å². The maximum absolute atomic E-state index is 13.5. The Morgan fingerprint density at radius 3 is 2.73 bits per heavy atom. The molecule has 4 heterocycles. The van der Waals surface area contributed by atoms with Crippen LogP contribution in [0.15, 0.2) is 23.1 Å². The van der Waals surface area contributed by atoms with Crippen molar-refractivity contribution >= 4 is 33.1 Å². The SMILES string of the molecule is Cc1cc2c(=O)n(NC(=O)c3cnn4c(C(F)F)cc(C5CC5)nc34)c(C)nc2s1. The summed E-state index contributed by atoms with van der Waals surface area (Å²) in [6, 6.07) is 3.06. The first-order chi connectivity index (χ1) is 14.3. The van der Waals surface area contributed by atoms with Gasteiger partial charge >= 0.3 is 0 Å². The minimum Gasteiger partial charge on any atom is -0.267 e. The summed E-state index contributed by atoms with van der Waals surface area (Å²) in [4.78, 5) is 36.0. The first-order valence-electron chi connectivity index (χ1n) is 9.31. The molecule has 0 saturated heterocycles. The number of rotatable bonds is 4. The third kappa shape index (κ3) is 2.96. The molecule has 0 atom stereocenters. The molecule has 0 aromatic carbocycles. The van der Waals surface area contributed by atoms with Crippen molar-refractivity contribution in [1.29, 1.82) is 0 Å². The highest BCUT2D eigenvalue weighted by molar-refractivity contribution is 7.18. The summed E-state index contributed by atoms with van der Waals surface area (Å²) in [7, 11) is 0. The van der Waals surface area contributed by atoms with E-state index in [4.69, 9.17) is 0 Å². The van der Waals surface area contributed by atoms with Crippen LogP contribution in [0, 0.1) is 13.8 Å². The van der Waals surface area contributed by atoms with Crippen LogP contribution in [0.1, 0.15) is 57.6 Å². The smallest absolute Gasteiger partial charge is 0.267 e. The van der Waals surface area contributed by atoms with Crippen molar-refractivity contribution in [3.05, 3.63) is 56.3 Å². The zero-order chi connectivity index (χ0) is 21.2. The molecule has 0 unspecified atom stereocenters. The number of nitrogens with one attached hydrogen (secondary N) is 1. The van der Waals surface area contributed by atoms with Crippen LogP contribution < -0.4 is 11.0 Å². The van der Waals surface area contributed by atoms with E-state index in [0.29, 0.717) is 21.7 Å². The molecule has 0 radical (unpaired) electrons. The molecule has 1 fully saturated rings. The minimum absolute atomic E-state index is 0.00676. The summed E-state index contributed by atoms with van der Waals surface area (Å²) in [6.45, 7) is 3.47. The van der Waals surface area contributed by atoms with Gasteiger partial charge in [-0.25, -0.2) is 27.9 Å². The van der Waals surface area contributed by atoms with Gasteiger partial charge in [-0.15, -0.1) is 11.3 Å². The Bertz CT molecular complexity index is 1390.